The summed E-state index contributed by atoms with van der Waals surface area (Å²) in [5.41, 5.74) is 0. The third-order valence-electron chi connectivity index (χ3n) is 1.80. The number of rotatable bonds is 2. The van der Waals surface area contributed by atoms with Crippen molar-refractivity contribution in [2.45, 2.75) is 0 Å². The van der Waals surface area contributed by atoms with Gasteiger partial charge in [0, 0.05) is 18.5 Å². The highest BCUT2D eigenvalue weighted by Gasteiger charge is 2.08. The first-order valence-electron chi connectivity index (χ1n) is 4.31. The van der Waals surface area contributed by atoms with E-state index >= 15 is 0 Å². The molecule has 0 bridgehead atoms. The van der Waals surface area contributed by atoms with Gasteiger partial charge in [-0.05, 0) is 28.1 Å². The third kappa shape index (κ3) is 2.48. The van der Waals surface area contributed by atoms with E-state index in [-0.39, 0.29) is 0 Å². The Labute approximate surface area is 111 Å². The highest BCUT2D eigenvalue weighted by atomic mass is 79.9. The molecule has 0 aliphatic heterocycles. The van der Waals surface area contributed by atoms with Gasteiger partial charge in [-0.2, -0.15) is 0 Å². The van der Waals surface area contributed by atoms with Crippen LogP contribution in [-0.4, -0.2) is 4.98 Å². The van der Waals surface area contributed by atoms with Crippen LogP contribution in [0.2, 0.25) is 10.0 Å². The van der Waals surface area contributed by atoms with Crippen molar-refractivity contribution >= 4 is 39.1 Å². The van der Waals surface area contributed by atoms with E-state index in [1.165, 1.54) is 6.20 Å². The van der Waals surface area contributed by atoms with Crippen LogP contribution in [-0.2, 0) is 0 Å². The quantitative estimate of drug-likeness (QED) is 0.798. The van der Waals surface area contributed by atoms with Crippen molar-refractivity contribution in [3.05, 3.63) is 51.2 Å². The molecule has 0 unspecified atom stereocenters. The Bertz CT molecular complexity index is 519. The maximum Gasteiger partial charge on any atom is 0.152 e. The maximum absolute atomic E-state index is 5.99. The molecule has 2 rings (SSSR count). The van der Waals surface area contributed by atoms with Crippen LogP contribution in [0, 0.1) is 6.07 Å². The number of pyridine rings is 1. The van der Waals surface area contributed by atoms with E-state index in [0.717, 1.165) is 0 Å². The lowest BCUT2D eigenvalue weighted by atomic mass is 10.3. The van der Waals surface area contributed by atoms with Crippen LogP contribution >= 0.6 is 39.1 Å². The molecule has 2 aromatic rings. The minimum absolute atomic E-state index is 0.376. The molecule has 16 heavy (non-hydrogen) atoms. The Kier molecular flexibility index (Phi) is 3.69. The number of hydrogen-bond acceptors (Lipinski definition) is 2. The van der Waals surface area contributed by atoms with E-state index < -0.39 is 0 Å². The fourth-order valence-corrected chi connectivity index (χ4v) is 1.72. The van der Waals surface area contributed by atoms with Gasteiger partial charge in [0.05, 0.1) is 9.50 Å². The highest BCUT2D eigenvalue weighted by molar-refractivity contribution is 9.10. The molecule has 0 aliphatic carbocycles. The molecule has 0 amide bonds. The van der Waals surface area contributed by atoms with Crippen LogP contribution in [0.5, 0.6) is 11.5 Å². The van der Waals surface area contributed by atoms with Gasteiger partial charge >= 0.3 is 0 Å². The molecular formula is C11H5BrCl2NO. The van der Waals surface area contributed by atoms with Crippen LogP contribution in [0.1, 0.15) is 0 Å². The maximum atomic E-state index is 5.99. The molecule has 1 aromatic heterocycles. The zero-order valence-electron chi connectivity index (χ0n) is 7.88. The summed E-state index contributed by atoms with van der Waals surface area (Å²) >= 11 is 15.2. The van der Waals surface area contributed by atoms with Crippen molar-refractivity contribution in [2.24, 2.45) is 0 Å². The number of hydrogen-bond donors (Lipinski definition) is 0. The normalized spacial score (nSPS) is 10.2. The van der Waals surface area contributed by atoms with Gasteiger partial charge < -0.3 is 4.74 Å². The minimum atomic E-state index is 0.376. The summed E-state index contributed by atoms with van der Waals surface area (Å²) in [5, 5.41) is 0.825. The summed E-state index contributed by atoms with van der Waals surface area (Å²) < 4.78 is 6.26. The van der Waals surface area contributed by atoms with Crippen molar-refractivity contribution < 1.29 is 4.74 Å². The molecule has 0 saturated carbocycles. The third-order valence-corrected chi connectivity index (χ3v) is 3.17. The smallest absolute Gasteiger partial charge is 0.152 e. The lowest BCUT2D eigenvalue weighted by molar-refractivity contribution is 0.478. The Hall–Kier alpha value is -0.770. The number of aromatic nitrogens is 1. The Morgan fingerprint density at radius 1 is 1.31 bits per heavy atom. The second-order valence-corrected chi connectivity index (χ2v) is 4.52. The molecule has 81 valence electrons. The molecule has 0 saturated heterocycles. The lowest BCUT2D eigenvalue weighted by Gasteiger charge is -2.08. The van der Waals surface area contributed by atoms with Crippen LogP contribution in [0.4, 0.5) is 0 Å². The van der Waals surface area contributed by atoms with E-state index in [2.05, 4.69) is 27.0 Å². The predicted octanol–water partition coefficient (Wildman–Crippen LogP) is 4.74. The summed E-state index contributed by atoms with van der Waals surface area (Å²) in [5.74, 6) is 0.997. The molecule has 1 aromatic carbocycles. The van der Waals surface area contributed by atoms with Crippen LogP contribution in [0.3, 0.4) is 0 Å². The molecule has 0 atom stereocenters. The molecule has 0 fully saturated rings. The number of nitrogens with zero attached hydrogens (tertiary/aromatic N) is 1. The van der Waals surface area contributed by atoms with Gasteiger partial charge in [0.1, 0.15) is 10.8 Å². The van der Waals surface area contributed by atoms with E-state index in [9.17, 15) is 0 Å². The van der Waals surface area contributed by atoms with E-state index in [1.807, 2.05) is 0 Å². The first-order chi connectivity index (χ1) is 7.68. The van der Waals surface area contributed by atoms with Crippen LogP contribution < -0.4 is 4.74 Å². The molecule has 0 N–H and O–H groups in total. The molecule has 2 nitrogen and oxygen atoms in total. The summed E-state index contributed by atoms with van der Waals surface area (Å²) in [7, 11) is 0. The zero-order valence-corrected chi connectivity index (χ0v) is 11.0. The van der Waals surface area contributed by atoms with Gasteiger partial charge in [0.25, 0.3) is 0 Å². The summed E-state index contributed by atoms with van der Waals surface area (Å²) in [6.45, 7) is 0. The summed E-state index contributed by atoms with van der Waals surface area (Å²) in [6.07, 6.45) is 3.13. The van der Waals surface area contributed by atoms with Crippen molar-refractivity contribution in [1.82, 2.24) is 4.98 Å². The van der Waals surface area contributed by atoms with Gasteiger partial charge in [0.2, 0.25) is 0 Å². The fraction of sp³-hybridized carbons (Fsp3) is 0. The Morgan fingerprint density at radius 2 is 2.12 bits per heavy atom. The van der Waals surface area contributed by atoms with Crippen molar-refractivity contribution in [1.29, 1.82) is 0 Å². The SMILES string of the molecule is Clc1cccc(Oc2[c]cncc2Br)c1Cl. The van der Waals surface area contributed by atoms with E-state index in [1.54, 1.807) is 24.4 Å². The van der Waals surface area contributed by atoms with Crippen molar-refractivity contribution in [3.8, 4) is 11.5 Å². The molecule has 5 heteroatoms. The molecule has 1 radical (unpaired) electrons. The van der Waals surface area contributed by atoms with E-state index in [0.29, 0.717) is 26.0 Å². The Balaban J connectivity index is 2.35. The molecule has 0 spiro atoms. The average molecular weight is 318 g/mol. The highest BCUT2D eigenvalue weighted by Crippen LogP contribution is 2.36. The fourth-order valence-electron chi connectivity index (χ4n) is 1.08. The van der Waals surface area contributed by atoms with Crippen molar-refractivity contribution in [3.63, 3.8) is 0 Å². The summed E-state index contributed by atoms with van der Waals surface area (Å²) in [6, 6.07) is 8.04. The van der Waals surface area contributed by atoms with Crippen LogP contribution in [0.15, 0.2) is 35.1 Å². The number of benzene rings is 1. The first-order valence-corrected chi connectivity index (χ1v) is 5.86. The standard InChI is InChI=1S/C11H5BrCl2NO/c12-7-6-15-5-4-9(7)16-10-3-1-2-8(13)11(10)14/h1-3,5-6H. The van der Waals surface area contributed by atoms with Gasteiger partial charge in [-0.25, -0.2) is 0 Å². The number of halogens is 3. The largest absolute Gasteiger partial charge is 0.454 e. The van der Waals surface area contributed by atoms with Crippen LogP contribution in [0.25, 0.3) is 0 Å². The topological polar surface area (TPSA) is 22.1 Å². The average Bonchev–Trinajstić information content (AvgIpc) is 2.28. The number of ether oxygens (including phenoxy) is 1. The monoisotopic (exact) mass is 316 g/mol. The van der Waals surface area contributed by atoms with Gasteiger partial charge in [-0.3, -0.25) is 4.98 Å². The van der Waals surface area contributed by atoms with E-state index in [4.69, 9.17) is 27.9 Å². The van der Waals surface area contributed by atoms with Gasteiger partial charge in [-0.15, -0.1) is 0 Å². The second-order valence-electron chi connectivity index (χ2n) is 2.88. The van der Waals surface area contributed by atoms with Gasteiger partial charge in [-0.1, -0.05) is 29.3 Å². The van der Waals surface area contributed by atoms with Crippen molar-refractivity contribution in [2.75, 3.05) is 0 Å². The predicted molar refractivity (Wildman–Crippen MR) is 67.3 cm³/mol. The first kappa shape index (κ1) is 11.7. The Morgan fingerprint density at radius 3 is 2.88 bits per heavy atom. The lowest BCUT2D eigenvalue weighted by Crippen LogP contribution is -1.87. The molecule has 0 aliphatic rings. The summed E-state index contributed by atoms with van der Waals surface area (Å²) in [4.78, 5) is 3.89. The zero-order chi connectivity index (χ0) is 11.5. The molecular weight excluding hydrogens is 313 g/mol. The minimum Gasteiger partial charge on any atom is -0.454 e. The van der Waals surface area contributed by atoms with Gasteiger partial charge in [0.15, 0.2) is 5.75 Å². The second kappa shape index (κ2) is 5.04. The molecule has 1 heterocycles.